The van der Waals surface area contributed by atoms with Crippen LogP contribution in [0.1, 0.15) is 68.2 Å². The number of carbonyl (C=O) groups is 4. The lowest BCUT2D eigenvalue weighted by Crippen LogP contribution is -2.46. The van der Waals surface area contributed by atoms with Crippen LogP contribution >= 0.6 is 0 Å². The number of aliphatic carboxylic acids is 2. The Bertz CT molecular complexity index is 562. The summed E-state index contributed by atoms with van der Waals surface area (Å²) in [5.41, 5.74) is 4.23. The lowest BCUT2D eigenvalue weighted by atomic mass is 10.1. The summed E-state index contributed by atoms with van der Waals surface area (Å²) in [5, 5.41) is 19.5. The Morgan fingerprint density at radius 3 is 1.69 bits per heavy atom. The molecule has 0 aliphatic rings. The summed E-state index contributed by atoms with van der Waals surface area (Å²) in [4.78, 5) is 43.5. The zero-order valence-corrected chi connectivity index (χ0v) is 18.6. The topological polar surface area (TPSA) is 165 Å². The van der Waals surface area contributed by atoms with Crippen LogP contribution in [0, 0.1) is 5.92 Å². The van der Waals surface area contributed by atoms with Crippen molar-refractivity contribution in [2.75, 3.05) is 0 Å². The lowest BCUT2D eigenvalue weighted by molar-refractivity contribution is -0.156. The summed E-state index contributed by atoms with van der Waals surface area (Å²) in [7, 11) is 0. The van der Waals surface area contributed by atoms with Crippen molar-refractivity contribution in [2.24, 2.45) is 11.7 Å². The number of nitrogens with two attached hydrogens (primary N) is 1. The van der Waals surface area contributed by atoms with Crippen LogP contribution in [-0.4, -0.2) is 57.5 Å². The quantitative estimate of drug-likeness (QED) is 0.451. The number of esters is 1. The van der Waals surface area contributed by atoms with E-state index in [1.807, 2.05) is 0 Å². The van der Waals surface area contributed by atoms with Gasteiger partial charge >= 0.3 is 24.0 Å². The minimum Gasteiger partial charge on any atom is -0.481 e. The van der Waals surface area contributed by atoms with Crippen LogP contribution < -0.4 is 11.1 Å². The molecule has 10 nitrogen and oxygen atoms in total. The number of hydrogen-bond donors (Lipinski definition) is 4. The van der Waals surface area contributed by atoms with Crippen molar-refractivity contribution >= 4 is 24.0 Å². The summed E-state index contributed by atoms with van der Waals surface area (Å²) in [6, 6.07) is -1.77. The van der Waals surface area contributed by atoms with Gasteiger partial charge in [0.15, 0.2) is 0 Å². The largest absolute Gasteiger partial charge is 0.481 e. The highest BCUT2D eigenvalue weighted by atomic mass is 16.6. The van der Waals surface area contributed by atoms with Gasteiger partial charge in [0.25, 0.3) is 0 Å². The number of hydrogen-bond acceptors (Lipinski definition) is 7. The Labute approximate surface area is 172 Å². The minimum absolute atomic E-state index is 0.101. The molecule has 0 unspecified atom stereocenters. The van der Waals surface area contributed by atoms with Gasteiger partial charge in [-0.3, -0.25) is 9.59 Å². The Morgan fingerprint density at radius 2 is 1.38 bits per heavy atom. The summed E-state index contributed by atoms with van der Waals surface area (Å²) in [6.07, 6.45) is -0.728. The van der Waals surface area contributed by atoms with E-state index in [9.17, 15) is 19.2 Å². The van der Waals surface area contributed by atoms with E-state index < -0.39 is 47.3 Å². The summed E-state index contributed by atoms with van der Waals surface area (Å²) >= 11 is 0. The van der Waals surface area contributed by atoms with Crippen molar-refractivity contribution < 1.29 is 38.9 Å². The van der Waals surface area contributed by atoms with Crippen LogP contribution in [0.2, 0.25) is 0 Å². The highest BCUT2D eigenvalue weighted by Crippen LogP contribution is 2.10. The number of ether oxygens (including phenoxy) is 2. The molecule has 2 atom stereocenters. The Kier molecular flexibility index (Phi) is 12.2. The van der Waals surface area contributed by atoms with E-state index in [4.69, 9.17) is 25.4 Å². The molecule has 0 heterocycles. The van der Waals surface area contributed by atoms with Crippen molar-refractivity contribution in [2.45, 2.75) is 91.5 Å². The lowest BCUT2D eigenvalue weighted by Gasteiger charge is -2.23. The smallest absolute Gasteiger partial charge is 0.408 e. The molecule has 0 saturated carbocycles. The first-order valence-electron chi connectivity index (χ1n) is 9.28. The number of alkyl carbamates (subject to hydrolysis) is 1. The SMILES string of the molecule is CC(C)(C)OC(=O)[C@@H](N)CCC(=O)O.CC(C)[C@@H](NC(=O)OC(C)(C)C)C(=O)O. The minimum atomic E-state index is -1.06. The van der Waals surface area contributed by atoms with Gasteiger partial charge in [0.05, 0.1) is 0 Å². The van der Waals surface area contributed by atoms with Crippen LogP contribution in [0.3, 0.4) is 0 Å². The predicted octanol–water partition coefficient (Wildman–Crippen LogP) is 2.14. The highest BCUT2D eigenvalue weighted by molar-refractivity contribution is 5.80. The average Bonchev–Trinajstić information content (AvgIpc) is 2.46. The Morgan fingerprint density at radius 1 is 0.931 bits per heavy atom. The third-order valence-electron chi connectivity index (χ3n) is 2.98. The van der Waals surface area contributed by atoms with E-state index in [2.05, 4.69) is 5.32 Å². The molecule has 0 saturated heterocycles. The van der Waals surface area contributed by atoms with Crippen molar-refractivity contribution in [1.29, 1.82) is 0 Å². The van der Waals surface area contributed by atoms with Gasteiger partial charge in [0.1, 0.15) is 23.3 Å². The molecular weight excluding hydrogens is 384 g/mol. The molecule has 0 radical (unpaired) electrons. The van der Waals surface area contributed by atoms with Gasteiger partial charge in [-0.25, -0.2) is 9.59 Å². The summed E-state index contributed by atoms with van der Waals surface area (Å²) in [6.45, 7) is 13.8. The number of carboxylic acid groups (broad SMARTS) is 2. The molecule has 1 amide bonds. The normalized spacial score (nSPS) is 13.4. The van der Waals surface area contributed by atoms with Crippen LogP contribution in [0.5, 0.6) is 0 Å². The molecule has 0 spiro atoms. The van der Waals surface area contributed by atoms with Crippen LogP contribution in [0.15, 0.2) is 0 Å². The molecule has 0 aliphatic carbocycles. The number of nitrogens with one attached hydrogen (secondary N) is 1. The standard InChI is InChI=1S/C10H19NO4.C9H17NO4/c1-6(2)7(8(12)13)11-9(14)15-10(3,4)5;1-9(2,3)14-8(13)6(10)4-5-7(11)12/h6-7H,1-5H3,(H,11,14)(H,12,13);6H,4-5,10H2,1-3H3,(H,11,12)/t7-;6-/m10/s1. The second-order valence-corrected chi connectivity index (χ2v) is 8.78. The van der Waals surface area contributed by atoms with Gasteiger partial charge in [-0.05, 0) is 53.9 Å². The molecule has 0 aliphatic heterocycles. The maximum Gasteiger partial charge on any atom is 0.408 e. The van der Waals surface area contributed by atoms with E-state index in [1.165, 1.54) is 0 Å². The zero-order valence-electron chi connectivity index (χ0n) is 18.6. The highest BCUT2D eigenvalue weighted by Gasteiger charge is 2.26. The average molecular weight is 421 g/mol. The van der Waals surface area contributed by atoms with Gasteiger partial charge in [0, 0.05) is 6.42 Å². The van der Waals surface area contributed by atoms with Crippen LogP contribution in [-0.2, 0) is 23.9 Å². The van der Waals surface area contributed by atoms with E-state index in [1.54, 1.807) is 55.4 Å². The fourth-order valence-electron chi connectivity index (χ4n) is 1.72. The molecule has 0 aromatic carbocycles. The van der Waals surface area contributed by atoms with E-state index in [-0.39, 0.29) is 18.8 Å². The molecule has 170 valence electrons. The molecule has 0 aromatic rings. The van der Waals surface area contributed by atoms with E-state index >= 15 is 0 Å². The van der Waals surface area contributed by atoms with Crippen molar-refractivity contribution in [3.8, 4) is 0 Å². The van der Waals surface area contributed by atoms with Crippen LogP contribution in [0.4, 0.5) is 4.79 Å². The maximum absolute atomic E-state index is 11.3. The van der Waals surface area contributed by atoms with Gasteiger partial charge in [0.2, 0.25) is 0 Å². The Hall–Kier alpha value is -2.36. The number of rotatable bonds is 7. The molecule has 0 bridgehead atoms. The molecular formula is C19H36N2O8. The first kappa shape index (κ1) is 28.8. The molecule has 5 N–H and O–H groups in total. The molecule has 29 heavy (non-hydrogen) atoms. The predicted molar refractivity (Wildman–Crippen MR) is 106 cm³/mol. The maximum atomic E-state index is 11.3. The first-order valence-corrected chi connectivity index (χ1v) is 9.28. The fraction of sp³-hybridized carbons (Fsp3) is 0.789. The number of carboxylic acids is 2. The van der Waals surface area contributed by atoms with E-state index in [0.29, 0.717) is 0 Å². The second-order valence-electron chi connectivity index (χ2n) is 8.78. The van der Waals surface area contributed by atoms with Crippen molar-refractivity contribution in [1.82, 2.24) is 5.32 Å². The van der Waals surface area contributed by atoms with Crippen molar-refractivity contribution in [3.05, 3.63) is 0 Å². The molecule has 10 heteroatoms. The number of carbonyl (C=O) groups excluding carboxylic acids is 2. The molecule has 0 rings (SSSR count). The zero-order chi connectivity index (χ0) is 23.6. The van der Waals surface area contributed by atoms with E-state index in [0.717, 1.165) is 0 Å². The first-order chi connectivity index (χ1) is 12.9. The van der Waals surface area contributed by atoms with Gasteiger partial charge < -0.3 is 30.7 Å². The monoisotopic (exact) mass is 420 g/mol. The van der Waals surface area contributed by atoms with Crippen LogP contribution in [0.25, 0.3) is 0 Å². The Balaban J connectivity index is 0. The third kappa shape index (κ3) is 17.5. The summed E-state index contributed by atoms with van der Waals surface area (Å²) < 4.78 is 9.93. The van der Waals surface area contributed by atoms with Gasteiger partial charge in [-0.1, -0.05) is 13.8 Å². The van der Waals surface area contributed by atoms with Gasteiger partial charge in [-0.2, -0.15) is 0 Å². The second kappa shape index (κ2) is 12.3. The molecule has 0 aromatic heterocycles. The summed E-state index contributed by atoms with van der Waals surface area (Å²) in [5.74, 6) is -2.77. The molecule has 0 fully saturated rings. The van der Waals surface area contributed by atoms with Gasteiger partial charge in [-0.15, -0.1) is 0 Å². The third-order valence-corrected chi connectivity index (χ3v) is 2.98. The fourth-order valence-corrected chi connectivity index (χ4v) is 1.72. The van der Waals surface area contributed by atoms with Crippen molar-refractivity contribution in [3.63, 3.8) is 0 Å². The number of amides is 1.